The number of piperidine rings is 1. The van der Waals surface area contributed by atoms with Crippen LogP contribution >= 0.6 is 0 Å². The van der Waals surface area contributed by atoms with Crippen molar-refractivity contribution in [2.75, 3.05) is 19.7 Å². The molecule has 0 aromatic rings. The predicted octanol–water partition coefficient (Wildman–Crippen LogP) is 1.03. The fraction of sp³-hybridized carbons (Fsp3) is 0.909. The second-order valence-corrected chi connectivity index (χ2v) is 4.33. The summed E-state index contributed by atoms with van der Waals surface area (Å²) in [5, 5.41) is 11.9. The van der Waals surface area contributed by atoms with Crippen LogP contribution in [0.4, 0.5) is 0 Å². The van der Waals surface area contributed by atoms with Gasteiger partial charge < -0.3 is 14.8 Å². The molecule has 0 aromatic carbocycles. The summed E-state index contributed by atoms with van der Waals surface area (Å²) in [7, 11) is 0. The first-order valence-corrected chi connectivity index (χ1v) is 5.73. The predicted molar refractivity (Wildman–Crippen MR) is 55.1 cm³/mol. The van der Waals surface area contributed by atoms with Crippen LogP contribution in [-0.2, 0) is 9.47 Å². The summed E-state index contributed by atoms with van der Waals surface area (Å²) in [5.41, 5.74) is 0. The lowest BCUT2D eigenvalue weighted by molar-refractivity contribution is -0.0719. The van der Waals surface area contributed by atoms with Gasteiger partial charge in [0.15, 0.2) is 6.29 Å². The Hall–Kier alpha value is -0.630. The van der Waals surface area contributed by atoms with Gasteiger partial charge in [-0.05, 0) is 31.8 Å². The third-order valence-electron chi connectivity index (χ3n) is 3.06. The number of ether oxygens (including phenoxy) is 2. The molecule has 2 saturated heterocycles. The Morgan fingerprint density at radius 1 is 1.47 bits per heavy atom. The van der Waals surface area contributed by atoms with E-state index in [9.17, 15) is 0 Å². The van der Waals surface area contributed by atoms with Crippen LogP contribution in [-0.4, -0.2) is 32.1 Å². The van der Waals surface area contributed by atoms with E-state index in [0.29, 0.717) is 18.9 Å². The number of hydrogen-bond acceptors (Lipinski definition) is 4. The summed E-state index contributed by atoms with van der Waals surface area (Å²) < 4.78 is 11.2. The summed E-state index contributed by atoms with van der Waals surface area (Å²) >= 11 is 0. The summed E-state index contributed by atoms with van der Waals surface area (Å²) in [6.07, 6.45) is 3.84. The first-order valence-electron chi connectivity index (χ1n) is 5.73. The molecule has 2 aliphatic heterocycles. The van der Waals surface area contributed by atoms with E-state index in [2.05, 4.69) is 11.4 Å². The van der Waals surface area contributed by atoms with Crippen molar-refractivity contribution in [3.8, 4) is 6.07 Å². The zero-order valence-corrected chi connectivity index (χ0v) is 8.95. The van der Waals surface area contributed by atoms with Crippen LogP contribution in [0.15, 0.2) is 0 Å². The lowest BCUT2D eigenvalue weighted by atomic mass is 9.96. The third kappa shape index (κ3) is 3.16. The Morgan fingerprint density at radius 2 is 2.40 bits per heavy atom. The van der Waals surface area contributed by atoms with Gasteiger partial charge in [0.1, 0.15) is 0 Å². The van der Waals surface area contributed by atoms with E-state index < -0.39 is 0 Å². The zero-order chi connectivity index (χ0) is 10.5. The van der Waals surface area contributed by atoms with E-state index in [0.717, 1.165) is 19.5 Å². The summed E-state index contributed by atoms with van der Waals surface area (Å²) in [6, 6.07) is 2.12. The van der Waals surface area contributed by atoms with Crippen molar-refractivity contribution in [1.29, 1.82) is 5.26 Å². The maximum absolute atomic E-state index is 8.54. The van der Waals surface area contributed by atoms with E-state index in [1.807, 2.05) is 0 Å². The van der Waals surface area contributed by atoms with Crippen LogP contribution in [0.1, 0.15) is 25.7 Å². The molecule has 4 heteroatoms. The minimum absolute atomic E-state index is 0.00319. The second kappa shape index (κ2) is 5.45. The lowest BCUT2D eigenvalue weighted by Crippen LogP contribution is -2.32. The topological polar surface area (TPSA) is 54.3 Å². The lowest BCUT2D eigenvalue weighted by Gasteiger charge is -2.24. The van der Waals surface area contributed by atoms with E-state index in [-0.39, 0.29) is 12.4 Å². The van der Waals surface area contributed by atoms with Gasteiger partial charge in [0.25, 0.3) is 0 Å². The van der Waals surface area contributed by atoms with Crippen LogP contribution in [0.2, 0.25) is 0 Å². The van der Waals surface area contributed by atoms with Crippen molar-refractivity contribution in [2.24, 2.45) is 5.92 Å². The Morgan fingerprint density at radius 3 is 3.13 bits per heavy atom. The standard InChI is InChI=1S/C11H18N2O2/c12-4-3-10-8-14-11(15-10)6-9-2-1-5-13-7-9/h9-11,13H,1-3,5-8H2. The molecule has 0 saturated carbocycles. The molecule has 3 atom stereocenters. The molecule has 0 radical (unpaired) electrons. The van der Waals surface area contributed by atoms with Gasteiger partial charge in [-0.15, -0.1) is 0 Å². The summed E-state index contributed by atoms with van der Waals surface area (Å²) in [6.45, 7) is 2.80. The Kier molecular flexibility index (Phi) is 3.95. The van der Waals surface area contributed by atoms with Crippen molar-refractivity contribution in [1.82, 2.24) is 5.32 Å². The number of nitrogens with zero attached hydrogens (tertiary/aromatic N) is 1. The zero-order valence-electron chi connectivity index (χ0n) is 8.95. The maximum atomic E-state index is 8.54. The molecule has 0 spiro atoms. The van der Waals surface area contributed by atoms with Crippen LogP contribution in [0.5, 0.6) is 0 Å². The van der Waals surface area contributed by atoms with Crippen LogP contribution in [0.25, 0.3) is 0 Å². The molecule has 2 aliphatic rings. The van der Waals surface area contributed by atoms with Gasteiger partial charge in [-0.25, -0.2) is 0 Å². The smallest absolute Gasteiger partial charge is 0.158 e. The molecule has 15 heavy (non-hydrogen) atoms. The molecule has 2 heterocycles. The quantitative estimate of drug-likeness (QED) is 0.756. The molecule has 0 aliphatic carbocycles. The number of nitrogens with one attached hydrogen (secondary N) is 1. The average Bonchev–Trinajstić information content (AvgIpc) is 2.68. The Bertz CT molecular complexity index is 233. The number of rotatable bonds is 3. The highest BCUT2D eigenvalue weighted by Gasteiger charge is 2.28. The first kappa shape index (κ1) is 10.9. The molecule has 84 valence electrons. The summed E-state index contributed by atoms with van der Waals surface area (Å²) in [4.78, 5) is 0. The van der Waals surface area contributed by atoms with E-state index >= 15 is 0 Å². The van der Waals surface area contributed by atoms with Crippen molar-refractivity contribution >= 4 is 0 Å². The molecule has 3 unspecified atom stereocenters. The molecule has 2 rings (SSSR count). The molecule has 0 aromatic heterocycles. The Labute approximate surface area is 90.5 Å². The first-order chi connectivity index (χ1) is 7.38. The molecular weight excluding hydrogens is 192 g/mol. The largest absolute Gasteiger partial charge is 0.350 e. The molecule has 4 nitrogen and oxygen atoms in total. The average molecular weight is 210 g/mol. The second-order valence-electron chi connectivity index (χ2n) is 4.33. The SMILES string of the molecule is N#CCC1COC(CC2CCCNC2)O1. The van der Waals surface area contributed by atoms with E-state index in [1.165, 1.54) is 12.8 Å². The third-order valence-corrected chi connectivity index (χ3v) is 3.06. The van der Waals surface area contributed by atoms with E-state index in [4.69, 9.17) is 14.7 Å². The minimum atomic E-state index is -0.0757. The van der Waals surface area contributed by atoms with Crippen LogP contribution in [0.3, 0.4) is 0 Å². The molecule has 2 fully saturated rings. The van der Waals surface area contributed by atoms with Crippen LogP contribution in [0, 0.1) is 17.2 Å². The van der Waals surface area contributed by atoms with Gasteiger partial charge in [0, 0.05) is 6.42 Å². The highest BCUT2D eigenvalue weighted by atomic mass is 16.7. The minimum Gasteiger partial charge on any atom is -0.350 e. The normalized spacial score (nSPS) is 36.3. The van der Waals surface area contributed by atoms with E-state index in [1.54, 1.807) is 0 Å². The van der Waals surface area contributed by atoms with Gasteiger partial charge in [-0.3, -0.25) is 0 Å². The fourth-order valence-corrected chi connectivity index (χ4v) is 2.24. The van der Waals surface area contributed by atoms with Gasteiger partial charge in [0.2, 0.25) is 0 Å². The highest BCUT2D eigenvalue weighted by Crippen LogP contribution is 2.23. The van der Waals surface area contributed by atoms with Gasteiger partial charge >= 0.3 is 0 Å². The number of nitriles is 1. The molecule has 1 N–H and O–H groups in total. The highest BCUT2D eigenvalue weighted by molar-refractivity contribution is 4.80. The molecule has 0 amide bonds. The summed E-state index contributed by atoms with van der Waals surface area (Å²) in [5.74, 6) is 0.671. The van der Waals surface area contributed by atoms with Gasteiger partial charge in [-0.2, -0.15) is 5.26 Å². The monoisotopic (exact) mass is 210 g/mol. The number of hydrogen-bond donors (Lipinski definition) is 1. The maximum Gasteiger partial charge on any atom is 0.158 e. The van der Waals surface area contributed by atoms with Crippen molar-refractivity contribution < 1.29 is 9.47 Å². The fourth-order valence-electron chi connectivity index (χ4n) is 2.24. The van der Waals surface area contributed by atoms with Gasteiger partial charge in [0.05, 0.1) is 25.2 Å². The van der Waals surface area contributed by atoms with Crippen molar-refractivity contribution in [3.63, 3.8) is 0 Å². The van der Waals surface area contributed by atoms with Crippen LogP contribution < -0.4 is 5.32 Å². The van der Waals surface area contributed by atoms with Crippen molar-refractivity contribution in [3.05, 3.63) is 0 Å². The molecular formula is C11H18N2O2. The molecule has 0 bridgehead atoms. The van der Waals surface area contributed by atoms with Gasteiger partial charge in [-0.1, -0.05) is 0 Å². The van der Waals surface area contributed by atoms with Crippen molar-refractivity contribution in [2.45, 2.75) is 38.1 Å². The Balaban J connectivity index is 1.69.